The number of hydrogen-bond donors (Lipinski definition) is 2. The van der Waals surface area contributed by atoms with E-state index in [1.54, 1.807) is 7.05 Å². The Morgan fingerprint density at radius 1 is 1.35 bits per heavy atom. The first-order chi connectivity index (χ1) is 9.78. The lowest BCUT2D eigenvalue weighted by Crippen LogP contribution is -2.37. The molecule has 20 heavy (non-hydrogen) atoms. The van der Waals surface area contributed by atoms with Gasteiger partial charge >= 0.3 is 0 Å². The van der Waals surface area contributed by atoms with Gasteiger partial charge in [-0.2, -0.15) is 4.98 Å². The lowest BCUT2D eigenvalue weighted by atomic mass is 10.0. The summed E-state index contributed by atoms with van der Waals surface area (Å²) in [7, 11) is 1.77. The molecule has 1 saturated carbocycles. The highest BCUT2D eigenvalue weighted by Crippen LogP contribution is 2.28. The van der Waals surface area contributed by atoms with Gasteiger partial charge in [-0.1, -0.05) is 30.8 Å². The molecule has 1 aromatic heterocycles. The van der Waals surface area contributed by atoms with Crippen molar-refractivity contribution in [3.63, 3.8) is 0 Å². The zero-order chi connectivity index (χ0) is 14.2. The van der Waals surface area contributed by atoms with Gasteiger partial charge in [0.2, 0.25) is 5.89 Å². The van der Waals surface area contributed by atoms with Crippen LogP contribution >= 0.6 is 0 Å². The zero-order valence-electron chi connectivity index (χ0n) is 12.5. The standard InChI is InChI=1S/C14H25N5O/c1-11-18-13(20-19-11)10-17-14(15-2)16-9-5-8-12-6-3-4-7-12/h12H,3-10H2,1-2H3,(H2,15,16,17). The molecule has 1 fully saturated rings. The van der Waals surface area contributed by atoms with Gasteiger partial charge in [-0.3, -0.25) is 4.99 Å². The quantitative estimate of drug-likeness (QED) is 0.473. The molecule has 1 aliphatic carbocycles. The molecular weight excluding hydrogens is 254 g/mol. The van der Waals surface area contributed by atoms with Crippen LogP contribution in [0.5, 0.6) is 0 Å². The van der Waals surface area contributed by atoms with Crippen molar-refractivity contribution in [3.8, 4) is 0 Å². The molecule has 6 heteroatoms. The fourth-order valence-electron chi connectivity index (χ4n) is 2.69. The number of guanidine groups is 1. The van der Waals surface area contributed by atoms with E-state index in [9.17, 15) is 0 Å². The van der Waals surface area contributed by atoms with Crippen molar-refractivity contribution < 1.29 is 4.52 Å². The van der Waals surface area contributed by atoms with Crippen LogP contribution in [0.15, 0.2) is 9.52 Å². The summed E-state index contributed by atoms with van der Waals surface area (Å²) in [5.41, 5.74) is 0. The van der Waals surface area contributed by atoms with E-state index in [1.165, 1.54) is 38.5 Å². The normalized spacial score (nSPS) is 16.6. The van der Waals surface area contributed by atoms with Gasteiger partial charge in [0, 0.05) is 13.6 Å². The summed E-state index contributed by atoms with van der Waals surface area (Å²) in [6, 6.07) is 0. The summed E-state index contributed by atoms with van der Waals surface area (Å²) in [6.07, 6.45) is 8.21. The summed E-state index contributed by atoms with van der Waals surface area (Å²) in [5.74, 6) is 2.97. The molecule has 1 heterocycles. The molecule has 6 nitrogen and oxygen atoms in total. The van der Waals surface area contributed by atoms with E-state index < -0.39 is 0 Å². The van der Waals surface area contributed by atoms with E-state index >= 15 is 0 Å². The largest absolute Gasteiger partial charge is 0.356 e. The minimum Gasteiger partial charge on any atom is -0.356 e. The Morgan fingerprint density at radius 3 is 2.80 bits per heavy atom. The first-order valence-electron chi connectivity index (χ1n) is 7.51. The van der Waals surface area contributed by atoms with Crippen molar-refractivity contribution in [2.24, 2.45) is 10.9 Å². The minimum absolute atomic E-state index is 0.503. The monoisotopic (exact) mass is 279 g/mol. The van der Waals surface area contributed by atoms with Crippen LogP contribution < -0.4 is 10.6 Å². The molecule has 1 aliphatic rings. The summed E-state index contributed by atoms with van der Waals surface area (Å²) >= 11 is 0. The van der Waals surface area contributed by atoms with Gasteiger partial charge < -0.3 is 15.2 Å². The maximum absolute atomic E-state index is 5.05. The SMILES string of the molecule is CN=C(NCCCC1CCCC1)NCc1nc(C)no1. The lowest BCUT2D eigenvalue weighted by molar-refractivity contribution is 0.371. The average molecular weight is 279 g/mol. The molecule has 2 rings (SSSR count). The number of aromatic nitrogens is 2. The third-order valence-electron chi connectivity index (χ3n) is 3.76. The highest BCUT2D eigenvalue weighted by atomic mass is 16.5. The maximum atomic E-state index is 5.05. The second-order valence-corrected chi connectivity index (χ2v) is 5.38. The molecule has 0 spiro atoms. The van der Waals surface area contributed by atoms with E-state index in [4.69, 9.17) is 4.52 Å². The maximum Gasteiger partial charge on any atom is 0.246 e. The third-order valence-corrected chi connectivity index (χ3v) is 3.76. The van der Waals surface area contributed by atoms with Crippen LogP contribution in [-0.2, 0) is 6.54 Å². The lowest BCUT2D eigenvalue weighted by Gasteiger charge is -2.12. The number of hydrogen-bond acceptors (Lipinski definition) is 4. The molecule has 0 saturated heterocycles. The predicted molar refractivity (Wildman–Crippen MR) is 78.4 cm³/mol. The Morgan fingerprint density at radius 2 is 2.15 bits per heavy atom. The molecule has 0 aromatic carbocycles. The van der Waals surface area contributed by atoms with Crippen LogP contribution in [0.4, 0.5) is 0 Å². The molecule has 0 aliphatic heterocycles. The van der Waals surface area contributed by atoms with Crippen LogP contribution in [0.1, 0.15) is 50.2 Å². The summed E-state index contributed by atoms with van der Waals surface area (Å²) in [5, 5.41) is 10.2. The second-order valence-electron chi connectivity index (χ2n) is 5.38. The van der Waals surface area contributed by atoms with E-state index in [1.807, 2.05) is 6.92 Å². The van der Waals surface area contributed by atoms with Crippen molar-refractivity contribution in [1.82, 2.24) is 20.8 Å². The van der Waals surface area contributed by atoms with Crippen LogP contribution in [0.25, 0.3) is 0 Å². The van der Waals surface area contributed by atoms with E-state index in [0.717, 1.165) is 18.4 Å². The highest BCUT2D eigenvalue weighted by molar-refractivity contribution is 5.79. The first kappa shape index (κ1) is 14.8. The number of nitrogens with one attached hydrogen (secondary N) is 2. The van der Waals surface area contributed by atoms with Gasteiger partial charge in [0.15, 0.2) is 11.8 Å². The predicted octanol–water partition coefficient (Wildman–Crippen LogP) is 2.01. The number of aliphatic imine (C=N–C) groups is 1. The average Bonchev–Trinajstić information content (AvgIpc) is 3.09. The minimum atomic E-state index is 0.503. The molecule has 0 radical (unpaired) electrons. The van der Waals surface area contributed by atoms with Crippen molar-refractivity contribution in [2.45, 2.75) is 52.0 Å². The topological polar surface area (TPSA) is 75.3 Å². The summed E-state index contributed by atoms with van der Waals surface area (Å²) in [4.78, 5) is 8.33. The summed E-state index contributed by atoms with van der Waals surface area (Å²) < 4.78 is 5.05. The van der Waals surface area contributed by atoms with Crippen molar-refractivity contribution in [2.75, 3.05) is 13.6 Å². The molecule has 0 bridgehead atoms. The van der Waals surface area contributed by atoms with Crippen molar-refractivity contribution >= 4 is 5.96 Å². The van der Waals surface area contributed by atoms with Gasteiger partial charge in [-0.25, -0.2) is 0 Å². The Balaban J connectivity index is 1.59. The fraction of sp³-hybridized carbons (Fsp3) is 0.786. The van der Waals surface area contributed by atoms with Crippen LogP contribution in [-0.4, -0.2) is 29.7 Å². The molecular formula is C14H25N5O. The Bertz CT molecular complexity index is 423. The van der Waals surface area contributed by atoms with Gasteiger partial charge in [-0.05, 0) is 25.7 Å². The summed E-state index contributed by atoms with van der Waals surface area (Å²) in [6.45, 7) is 3.27. The van der Waals surface area contributed by atoms with Gasteiger partial charge in [0.1, 0.15) is 0 Å². The third kappa shape index (κ3) is 4.83. The van der Waals surface area contributed by atoms with Crippen molar-refractivity contribution in [1.29, 1.82) is 0 Å². The van der Waals surface area contributed by atoms with E-state index in [0.29, 0.717) is 18.3 Å². The van der Waals surface area contributed by atoms with E-state index in [2.05, 4.69) is 25.8 Å². The second kappa shape index (κ2) is 7.87. The van der Waals surface area contributed by atoms with Crippen molar-refractivity contribution in [3.05, 3.63) is 11.7 Å². The number of aryl methyl sites for hydroxylation is 1. The smallest absolute Gasteiger partial charge is 0.246 e. The Hall–Kier alpha value is -1.59. The molecule has 112 valence electrons. The molecule has 1 aromatic rings. The van der Waals surface area contributed by atoms with Gasteiger partial charge in [0.05, 0.1) is 6.54 Å². The fourth-order valence-corrected chi connectivity index (χ4v) is 2.69. The van der Waals surface area contributed by atoms with E-state index in [-0.39, 0.29) is 0 Å². The zero-order valence-corrected chi connectivity index (χ0v) is 12.5. The van der Waals surface area contributed by atoms with Gasteiger partial charge in [0.25, 0.3) is 0 Å². The van der Waals surface area contributed by atoms with Crippen LogP contribution in [0.2, 0.25) is 0 Å². The van der Waals surface area contributed by atoms with Crippen LogP contribution in [0, 0.1) is 12.8 Å². The molecule has 2 N–H and O–H groups in total. The molecule has 0 unspecified atom stereocenters. The Labute approximate surface area is 120 Å². The first-order valence-corrected chi connectivity index (χ1v) is 7.51. The molecule has 0 atom stereocenters. The van der Waals surface area contributed by atoms with Gasteiger partial charge in [-0.15, -0.1) is 0 Å². The Kier molecular flexibility index (Phi) is 5.83. The van der Waals surface area contributed by atoms with Crippen LogP contribution in [0.3, 0.4) is 0 Å². The number of nitrogens with zero attached hydrogens (tertiary/aromatic N) is 3. The highest BCUT2D eigenvalue weighted by Gasteiger charge is 2.14. The molecule has 0 amide bonds. The number of rotatable bonds is 6.